The molecule has 6 heteroatoms. The van der Waals surface area contributed by atoms with E-state index in [0.29, 0.717) is 17.8 Å². The molecule has 18 heavy (non-hydrogen) atoms. The Hall–Kier alpha value is -2.37. The first-order valence-corrected chi connectivity index (χ1v) is 5.50. The molecule has 0 aromatic carbocycles. The molecule has 0 radical (unpaired) electrons. The molecule has 0 fully saturated rings. The number of rotatable bonds is 4. The lowest BCUT2D eigenvalue weighted by Gasteiger charge is -2.14. The summed E-state index contributed by atoms with van der Waals surface area (Å²) in [6.45, 7) is 1.93. The van der Waals surface area contributed by atoms with Crippen LogP contribution in [-0.4, -0.2) is 38.8 Å². The number of aromatic nitrogens is 3. The Kier molecular flexibility index (Phi) is 3.27. The number of carbonyl (C=O) groups is 2. The molecule has 2 aromatic heterocycles. The summed E-state index contributed by atoms with van der Waals surface area (Å²) in [7, 11) is 1.70. The molecule has 2 rings (SSSR count). The number of nitrogens with one attached hydrogen (secondary N) is 2. The highest BCUT2D eigenvalue weighted by Gasteiger charge is 2.15. The number of amides is 1. The zero-order valence-corrected chi connectivity index (χ0v) is 10.2. The molecule has 2 N–H and O–H groups in total. The fraction of sp³-hybridized carbons (Fsp3) is 0.250. The van der Waals surface area contributed by atoms with Gasteiger partial charge >= 0.3 is 0 Å². The van der Waals surface area contributed by atoms with Crippen LogP contribution in [0, 0.1) is 0 Å². The molecule has 1 amide bonds. The van der Waals surface area contributed by atoms with Crippen LogP contribution < -0.4 is 0 Å². The maximum atomic E-state index is 12.1. The van der Waals surface area contributed by atoms with E-state index in [1.54, 1.807) is 36.6 Å². The van der Waals surface area contributed by atoms with Gasteiger partial charge in [0.1, 0.15) is 5.69 Å². The van der Waals surface area contributed by atoms with Crippen molar-refractivity contribution in [3.8, 4) is 0 Å². The quantitative estimate of drug-likeness (QED) is 0.795. The van der Waals surface area contributed by atoms with E-state index < -0.39 is 0 Å². The van der Waals surface area contributed by atoms with Crippen LogP contribution in [0.2, 0.25) is 0 Å². The Labute approximate surface area is 104 Å². The van der Waals surface area contributed by atoms with E-state index in [4.69, 9.17) is 0 Å². The fourth-order valence-corrected chi connectivity index (χ4v) is 1.64. The van der Waals surface area contributed by atoms with Crippen molar-refractivity contribution < 1.29 is 9.59 Å². The summed E-state index contributed by atoms with van der Waals surface area (Å²) in [5, 5.41) is 6.51. The average molecular weight is 246 g/mol. The van der Waals surface area contributed by atoms with E-state index >= 15 is 0 Å². The van der Waals surface area contributed by atoms with Crippen LogP contribution in [0.1, 0.15) is 33.3 Å². The van der Waals surface area contributed by atoms with Crippen molar-refractivity contribution in [2.75, 3.05) is 7.05 Å². The van der Waals surface area contributed by atoms with Gasteiger partial charge in [0.15, 0.2) is 5.78 Å². The van der Waals surface area contributed by atoms with Crippen molar-refractivity contribution >= 4 is 11.7 Å². The van der Waals surface area contributed by atoms with Crippen molar-refractivity contribution in [2.24, 2.45) is 0 Å². The SMILES string of the molecule is CC(=O)c1c[nH]c(C(=O)N(C)Cc2cn[nH]c2)c1. The highest BCUT2D eigenvalue weighted by Crippen LogP contribution is 2.09. The Bertz CT molecular complexity index is 556. The summed E-state index contributed by atoms with van der Waals surface area (Å²) in [5.74, 6) is -0.230. The second kappa shape index (κ2) is 4.87. The predicted octanol–water partition coefficient (Wildman–Crippen LogP) is 1.21. The number of nitrogens with zero attached hydrogens (tertiary/aromatic N) is 2. The highest BCUT2D eigenvalue weighted by molar-refractivity contribution is 5.98. The molecule has 2 aromatic rings. The zero-order chi connectivity index (χ0) is 13.1. The molecule has 0 unspecified atom stereocenters. The first-order valence-electron chi connectivity index (χ1n) is 5.50. The number of carbonyl (C=O) groups excluding carboxylic acids is 2. The molecule has 0 saturated carbocycles. The summed E-state index contributed by atoms with van der Waals surface area (Å²) in [6, 6.07) is 1.57. The first kappa shape index (κ1) is 12.1. The van der Waals surface area contributed by atoms with Crippen LogP contribution in [-0.2, 0) is 6.54 Å². The van der Waals surface area contributed by atoms with Gasteiger partial charge in [-0.1, -0.05) is 0 Å². The van der Waals surface area contributed by atoms with Crippen molar-refractivity contribution in [1.29, 1.82) is 0 Å². The molecule has 0 aliphatic heterocycles. The topological polar surface area (TPSA) is 81.8 Å². The van der Waals surface area contributed by atoms with E-state index in [0.717, 1.165) is 5.56 Å². The molecule has 0 spiro atoms. The van der Waals surface area contributed by atoms with Crippen LogP contribution in [0.3, 0.4) is 0 Å². The predicted molar refractivity (Wildman–Crippen MR) is 65.2 cm³/mol. The molecular formula is C12H14N4O2. The molecule has 0 atom stereocenters. The van der Waals surface area contributed by atoms with Crippen molar-refractivity contribution in [2.45, 2.75) is 13.5 Å². The Morgan fingerprint density at radius 2 is 2.17 bits per heavy atom. The van der Waals surface area contributed by atoms with E-state index in [1.807, 2.05) is 0 Å². The Morgan fingerprint density at radius 3 is 2.72 bits per heavy atom. The minimum absolute atomic E-state index is 0.0669. The van der Waals surface area contributed by atoms with E-state index in [1.165, 1.54) is 6.92 Å². The molecule has 0 aliphatic carbocycles. The smallest absolute Gasteiger partial charge is 0.270 e. The second-order valence-electron chi connectivity index (χ2n) is 4.13. The summed E-state index contributed by atoms with van der Waals surface area (Å²) in [5.41, 5.74) is 1.84. The lowest BCUT2D eigenvalue weighted by molar-refractivity contribution is 0.0780. The van der Waals surface area contributed by atoms with Gasteiger partial charge in [0.2, 0.25) is 0 Å². The van der Waals surface area contributed by atoms with Gasteiger partial charge < -0.3 is 9.88 Å². The number of H-pyrrole nitrogens is 2. The maximum Gasteiger partial charge on any atom is 0.270 e. The van der Waals surface area contributed by atoms with Crippen LogP contribution in [0.5, 0.6) is 0 Å². The number of Topliss-reactive ketones (excluding diaryl/α,β-unsaturated/α-hetero) is 1. The zero-order valence-electron chi connectivity index (χ0n) is 10.2. The van der Waals surface area contributed by atoms with Gasteiger partial charge in [-0.3, -0.25) is 14.7 Å². The number of hydrogen-bond donors (Lipinski definition) is 2. The number of aromatic amines is 2. The van der Waals surface area contributed by atoms with Gasteiger partial charge in [0, 0.05) is 37.1 Å². The lowest BCUT2D eigenvalue weighted by atomic mass is 10.2. The van der Waals surface area contributed by atoms with E-state index in [2.05, 4.69) is 15.2 Å². The van der Waals surface area contributed by atoms with Crippen molar-refractivity contribution in [1.82, 2.24) is 20.1 Å². The highest BCUT2D eigenvalue weighted by atomic mass is 16.2. The van der Waals surface area contributed by atoms with E-state index in [9.17, 15) is 9.59 Å². The fourth-order valence-electron chi connectivity index (χ4n) is 1.64. The minimum Gasteiger partial charge on any atom is -0.356 e. The van der Waals surface area contributed by atoms with Gasteiger partial charge in [-0.2, -0.15) is 5.10 Å². The van der Waals surface area contributed by atoms with Crippen LogP contribution in [0.15, 0.2) is 24.7 Å². The largest absolute Gasteiger partial charge is 0.356 e. The third kappa shape index (κ3) is 2.48. The van der Waals surface area contributed by atoms with Crippen LogP contribution in [0.25, 0.3) is 0 Å². The monoisotopic (exact) mass is 246 g/mol. The maximum absolute atomic E-state index is 12.1. The molecule has 6 nitrogen and oxygen atoms in total. The molecule has 0 bridgehead atoms. The normalized spacial score (nSPS) is 10.3. The lowest BCUT2D eigenvalue weighted by Crippen LogP contribution is -2.26. The van der Waals surface area contributed by atoms with Gasteiger partial charge in [-0.25, -0.2) is 0 Å². The average Bonchev–Trinajstić information content (AvgIpc) is 2.98. The Morgan fingerprint density at radius 1 is 1.39 bits per heavy atom. The van der Waals surface area contributed by atoms with Gasteiger partial charge in [-0.15, -0.1) is 0 Å². The molecule has 2 heterocycles. The standard InChI is InChI=1S/C12H14N4O2/c1-8(17)10-3-11(13-6-10)12(18)16(2)7-9-4-14-15-5-9/h3-6,13H,7H2,1-2H3,(H,14,15). The summed E-state index contributed by atoms with van der Waals surface area (Å²) in [6.07, 6.45) is 4.94. The van der Waals surface area contributed by atoms with Gasteiger partial charge in [0.25, 0.3) is 5.91 Å². The molecule has 0 aliphatic rings. The third-order valence-electron chi connectivity index (χ3n) is 2.64. The number of hydrogen-bond acceptors (Lipinski definition) is 3. The second-order valence-corrected chi connectivity index (χ2v) is 4.13. The summed E-state index contributed by atoms with van der Waals surface area (Å²) >= 11 is 0. The number of ketones is 1. The molecule has 94 valence electrons. The molecule has 0 saturated heterocycles. The van der Waals surface area contributed by atoms with Crippen LogP contribution in [0.4, 0.5) is 0 Å². The van der Waals surface area contributed by atoms with E-state index in [-0.39, 0.29) is 11.7 Å². The van der Waals surface area contributed by atoms with Crippen LogP contribution >= 0.6 is 0 Å². The molecular weight excluding hydrogens is 232 g/mol. The minimum atomic E-state index is -0.163. The third-order valence-corrected chi connectivity index (χ3v) is 2.64. The van der Waals surface area contributed by atoms with Gasteiger partial charge in [0.05, 0.1) is 6.20 Å². The summed E-state index contributed by atoms with van der Waals surface area (Å²) < 4.78 is 0. The summed E-state index contributed by atoms with van der Waals surface area (Å²) in [4.78, 5) is 27.6. The van der Waals surface area contributed by atoms with Gasteiger partial charge in [-0.05, 0) is 13.0 Å². The van der Waals surface area contributed by atoms with Crippen molar-refractivity contribution in [3.63, 3.8) is 0 Å². The van der Waals surface area contributed by atoms with Crippen molar-refractivity contribution in [3.05, 3.63) is 41.5 Å². The Balaban J connectivity index is 2.08. The first-order chi connectivity index (χ1) is 8.58.